The number of nitrogens with zero attached hydrogens (tertiary/aromatic N) is 1. The molecule has 1 unspecified atom stereocenters. The normalized spacial score (nSPS) is 22.4. The fourth-order valence-corrected chi connectivity index (χ4v) is 2.61. The maximum atomic E-state index is 11.9. The highest BCUT2D eigenvalue weighted by atomic mass is 79.9. The third kappa shape index (κ3) is 3.54. The number of rotatable bonds is 2. The fourth-order valence-electron chi connectivity index (χ4n) is 1.71. The van der Waals surface area contributed by atoms with E-state index in [0.29, 0.717) is 11.1 Å². The quantitative estimate of drug-likeness (QED) is 0.404. The van der Waals surface area contributed by atoms with Crippen LogP contribution in [-0.2, 0) is 9.63 Å². The number of carbonyl (C=O) groups is 2. The predicted octanol–water partition coefficient (Wildman–Crippen LogP) is 4.27. The van der Waals surface area contributed by atoms with E-state index in [2.05, 4.69) is 21.1 Å². The summed E-state index contributed by atoms with van der Waals surface area (Å²) in [5.74, 6) is -1.20. The molecule has 22 heavy (non-hydrogen) atoms. The van der Waals surface area contributed by atoms with E-state index in [0.717, 1.165) is 4.47 Å². The van der Waals surface area contributed by atoms with Gasteiger partial charge in [-0.3, -0.25) is 4.79 Å². The van der Waals surface area contributed by atoms with Crippen LogP contribution in [0.5, 0.6) is 0 Å². The van der Waals surface area contributed by atoms with Crippen molar-refractivity contribution in [2.45, 2.75) is 16.6 Å². The van der Waals surface area contributed by atoms with Gasteiger partial charge in [-0.05, 0) is 42.8 Å². The SMILES string of the molecule is CC1=CC(=O)C(Cl)(Cl)C(Cl)/C1=N\OC(=O)c1ccc(Br)cc1. The number of carbonyl (C=O) groups excluding carboxylic acids is 2. The van der Waals surface area contributed by atoms with Crippen molar-refractivity contribution < 1.29 is 14.4 Å². The second-order valence-corrected chi connectivity index (χ2v) is 7.28. The summed E-state index contributed by atoms with van der Waals surface area (Å²) >= 11 is 21.1. The summed E-state index contributed by atoms with van der Waals surface area (Å²) in [5, 5.41) is 2.59. The summed E-state index contributed by atoms with van der Waals surface area (Å²) in [6.07, 6.45) is 1.21. The van der Waals surface area contributed by atoms with Crippen molar-refractivity contribution in [3.63, 3.8) is 0 Å². The van der Waals surface area contributed by atoms with Gasteiger partial charge in [0.15, 0.2) is 5.78 Å². The van der Waals surface area contributed by atoms with Gasteiger partial charge < -0.3 is 4.84 Å². The van der Waals surface area contributed by atoms with Crippen LogP contribution in [0.1, 0.15) is 17.3 Å². The van der Waals surface area contributed by atoms with Crippen molar-refractivity contribution in [1.29, 1.82) is 0 Å². The van der Waals surface area contributed by atoms with Crippen LogP contribution in [0.25, 0.3) is 0 Å². The van der Waals surface area contributed by atoms with Gasteiger partial charge in [0.05, 0.1) is 5.56 Å². The molecule has 1 aromatic rings. The third-order valence-electron chi connectivity index (χ3n) is 2.95. The van der Waals surface area contributed by atoms with E-state index in [-0.39, 0.29) is 5.71 Å². The Morgan fingerprint density at radius 3 is 2.50 bits per heavy atom. The van der Waals surface area contributed by atoms with E-state index in [1.807, 2.05) is 0 Å². The fraction of sp³-hybridized carbons (Fsp3) is 0.214. The lowest BCUT2D eigenvalue weighted by atomic mass is 9.96. The van der Waals surface area contributed by atoms with Crippen molar-refractivity contribution in [2.24, 2.45) is 5.16 Å². The molecule has 0 amide bonds. The van der Waals surface area contributed by atoms with Crippen LogP contribution in [0.15, 0.2) is 45.5 Å². The van der Waals surface area contributed by atoms with Crippen LogP contribution < -0.4 is 0 Å². The van der Waals surface area contributed by atoms with Crippen LogP contribution in [-0.4, -0.2) is 27.2 Å². The van der Waals surface area contributed by atoms with Gasteiger partial charge in [-0.1, -0.05) is 44.3 Å². The Bertz CT molecular complexity index is 683. The van der Waals surface area contributed by atoms with Gasteiger partial charge in [-0.15, -0.1) is 11.6 Å². The molecule has 1 aliphatic rings. The third-order valence-corrected chi connectivity index (χ3v) is 5.04. The van der Waals surface area contributed by atoms with Gasteiger partial charge in [0.25, 0.3) is 0 Å². The number of alkyl halides is 3. The molecular formula is C14H9BrCl3NO3. The maximum absolute atomic E-state index is 11.9. The van der Waals surface area contributed by atoms with Crippen LogP contribution in [0, 0.1) is 0 Å². The molecule has 0 spiro atoms. The van der Waals surface area contributed by atoms with Gasteiger partial charge in [-0.2, -0.15) is 0 Å². The van der Waals surface area contributed by atoms with Crippen LogP contribution >= 0.6 is 50.7 Å². The minimum atomic E-state index is -1.84. The van der Waals surface area contributed by atoms with Crippen molar-refractivity contribution in [3.05, 3.63) is 46.0 Å². The second-order valence-electron chi connectivity index (χ2n) is 4.54. The highest BCUT2D eigenvalue weighted by Crippen LogP contribution is 2.37. The van der Waals surface area contributed by atoms with E-state index in [9.17, 15) is 9.59 Å². The molecule has 0 saturated carbocycles. The van der Waals surface area contributed by atoms with E-state index in [4.69, 9.17) is 39.6 Å². The van der Waals surface area contributed by atoms with E-state index >= 15 is 0 Å². The van der Waals surface area contributed by atoms with Crippen LogP contribution in [0.3, 0.4) is 0 Å². The van der Waals surface area contributed by atoms with E-state index in [1.54, 1.807) is 31.2 Å². The molecule has 8 heteroatoms. The Kier molecular flexibility index (Phi) is 5.33. The summed E-state index contributed by atoms with van der Waals surface area (Å²) in [7, 11) is 0. The Hall–Kier alpha value is -0.880. The van der Waals surface area contributed by atoms with E-state index in [1.165, 1.54) is 6.08 Å². The first-order valence-electron chi connectivity index (χ1n) is 6.03. The average Bonchev–Trinajstić information content (AvgIpc) is 2.46. The summed E-state index contributed by atoms with van der Waals surface area (Å²) < 4.78 is -1.01. The molecule has 0 saturated heterocycles. The smallest absolute Gasteiger partial charge is 0.312 e. The number of oxime groups is 1. The zero-order valence-electron chi connectivity index (χ0n) is 11.1. The van der Waals surface area contributed by atoms with Gasteiger partial charge in [0.2, 0.25) is 4.33 Å². The van der Waals surface area contributed by atoms with Crippen molar-refractivity contribution >= 4 is 68.2 Å². The highest BCUT2D eigenvalue weighted by molar-refractivity contribution is 9.10. The largest absolute Gasteiger partial charge is 0.365 e. The topological polar surface area (TPSA) is 55.7 Å². The standard InChI is InChI=1S/C14H9BrCl3NO3/c1-7-6-10(20)14(17,18)12(16)11(7)19-22-13(21)8-2-4-9(15)5-3-8/h2-6,12H,1H3/b19-11-. The van der Waals surface area contributed by atoms with Crippen molar-refractivity contribution in [1.82, 2.24) is 0 Å². The number of halogens is 4. The average molecular weight is 425 g/mol. The number of hydrogen-bond acceptors (Lipinski definition) is 4. The molecule has 0 heterocycles. The number of benzene rings is 1. The Labute approximate surface area is 150 Å². The summed E-state index contributed by atoms with van der Waals surface area (Å²) in [4.78, 5) is 28.4. The molecule has 1 aliphatic carbocycles. The Morgan fingerprint density at radius 2 is 1.91 bits per heavy atom. The molecular weight excluding hydrogens is 416 g/mol. The molecule has 0 aromatic heterocycles. The molecule has 1 aromatic carbocycles. The minimum Gasteiger partial charge on any atom is -0.312 e. The Balaban J connectivity index is 2.22. The minimum absolute atomic E-state index is 0.136. The first kappa shape index (κ1) is 17.5. The lowest BCUT2D eigenvalue weighted by Gasteiger charge is -2.27. The number of ketones is 1. The van der Waals surface area contributed by atoms with Crippen molar-refractivity contribution in [3.8, 4) is 0 Å². The molecule has 0 fully saturated rings. The van der Waals surface area contributed by atoms with Crippen LogP contribution in [0.2, 0.25) is 0 Å². The molecule has 2 rings (SSSR count). The van der Waals surface area contributed by atoms with Gasteiger partial charge in [0, 0.05) is 4.47 Å². The molecule has 1 atom stereocenters. The zero-order valence-corrected chi connectivity index (χ0v) is 15.0. The van der Waals surface area contributed by atoms with Gasteiger partial charge in [-0.25, -0.2) is 4.79 Å². The van der Waals surface area contributed by atoms with Gasteiger partial charge >= 0.3 is 5.97 Å². The second kappa shape index (κ2) is 6.71. The monoisotopic (exact) mass is 423 g/mol. The van der Waals surface area contributed by atoms with E-state index < -0.39 is 21.5 Å². The number of hydrogen-bond donors (Lipinski definition) is 0. The lowest BCUT2D eigenvalue weighted by Crippen LogP contribution is -2.44. The summed E-state index contributed by atoms with van der Waals surface area (Å²) in [5.41, 5.74) is 0.887. The molecule has 116 valence electrons. The summed E-state index contributed by atoms with van der Waals surface area (Å²) in [6.45, 7) is 1.60. The molecule has 0 N–H and O–H groups in total. The predicted molar refractivity (Wildman–Crippen MR) is 89.8 cm³/mol. The number of allylic oxidation sites excluding steroid dienone is 2. The maximum Gasteiger partial charge on any atom is 0.365 e. The Morgan fingerprint density at radius 1 is 1.32 bits per heavy atom. The lowest BCUT2D eigenvalue weighted by molar-refractivity contribution is -0.115. The zero-order chi connectivity index (χ0) is 16.5. The van der Waals surface area contributed by atoms with Gasteiger partial charge in [0.1, 0.15) is 11.1 Å². The first-order valence-corrected chi connectivity index (χ1v) is 8.02. The molecule has 0 bridgehead atoms. The first-order chi connectivity index (χ1) is 10.2. The molecule has 0 radical (unpaired) electrons. The molecule has 4 nitrogen and oxygen atoms in total. The van der Waals surface area contributed by atoms with Crippen LogP contribution in [0.4, 0.5) is 0 Å². The highest BCUT2D eigenvalue weighted by Gasteiger charge is 2.47. The summed E-state index contributed by atoms with van der Waals surface area (Å²) in [6, 6.07) is 6.54. The molecule has 0 aliphatic heterocycles. The van der Waals surface area contributed by atoms with Crippen molar-refractivity contribution in [2.75, 3.05) is 0 Å².